The standard InChI is InChI=1S/C12H19N3O/c1-10(15-7-5-13-6-8-15)11-3-4-12(16-2)14-9-11/h3-4,9-10,13H,5-8H2,1-2H3. The highest BCUT2D eigenvalue weighted by molar-refractivity contribution is 5.20. The van der Waals surface area contributed by atoms with Crippen LogP contribution in [0.3, 0.4) is 0 Å². The van der Waals surface area contributed by atoms with Crippen molar-refractivity contribution in [2.24, 2.45) is 0 Å². The van der Waals surface area contributed by atoms with Gasteiger partial charge in [-0.1, -0.05) is 6.07 Å². The molecule has 1 N–H and O–H groups in total. The van der Waals surface area contributed by atoms with Crippen molar-refractivity contribution in [3.63, 3.8) is 0 Å². The lowest BCUT2D eigenvalue weighted by Gasteiger charge is -2.32. The normalized spacial score (nSPS) is 19.4. The van der Waals surface area contributed by atoms with Gasteiger partial charge in [0.2, 0.25) is 5.88 Å². The van der Waals surface area contributed by atoms with E-state index in [1.54, 1.807) is 7.11 Å². The average Bonchev–Trinajstić information content (AvgIpc) is 2.39. The molecule has 0 radical (unpaired) electrons. The van der Waals surface area contributed by atoms with E-state index in [9.17, 15) is 0 Å². The Kier molecular flexibility index (Phi) is 3.74. The maximum absolute atomic E-state index is 5.06. The highest BCUT2D eigenvalue weighted by atomic mass is 16.5. The van der Waals surface area contributed by atoms with E-state index in [-0.39, 0.29) is 0 Å². The first-order valence-electron chi connectivity index (χ1n) is 5.76. The largest absolute Gasteiger partial charge is 0.481 e. The first-order valence-corrected chi connectivity index (χ1v) is 5.76. The number of rotatable bonds is 3. The van der Waals surface area contributed by atoms with Crippen molar-refractivity contribution in [3.8, 4) is 5.88 Å². The fourth-order valence-electron chi connectivity index (χ4n) is 2.04. The Morgan fingerprint density at radius 2 is 2.12 bits per heavy atom. The number of methoxy groups -OCH3 is 1. The fourth-order valence-corrected chi connectivity index (χ4v) is 2.04. The van der Waals surface area contributed by atoms with Crippen LogP contribution < -0.4 is 10.1 Å². The first-order chi connectivity index (χ1) is 7.81. The molecule has 1 fully saturated rings. The second kappa shape index (κ2) is 5.27. The van der Waals surface area contributed by atoms with Crippen LogP contribution in [-0.4, -0.2) is 43.2 Å². The van der Waals surface area contributed by atoms with E-state index in [4.69, 9.17) is 4.74 Å². The second-order valence-electron chi connectivity index (χ2n) is 4.10. The highest BCUT2D eigenvalue weighted by Crippen LogP contribution is 2.20. The summed E-state index contributed by atoms with van der Waals surface area (Å²) in [6, 6.07) is 4.45. The Morgan fingerprint density at radius 1 is 1.38 bits per heavy atom. The lowest BCUT2D eigenvalue weighted by Crippen LogP contribution is -2.44. The van der Waals surface area contributed by atoms with E-state index in [1.807, 2.05) is 12.3 Å². The van der Waals surface area contributed by atoms with Crippen LogP contribution >= 0.6 is 0 Å². The van der Waals surface area contributed by atoms with E-state index in [2.05, 4.69) is 28.2 Å². The molecule has 1 aliphatic heterocycles. The summed E-state index contributed by atoms with van der Waals surface area (Å²) in [5.74, 6) is 0.677. The molecule has 0 spiro atoms. The van der Waals surface area contributed by atoms with Gasteiger partial charge in [0.1, 0.15) is 0 Å². The van der Waals surface area contributed by atoms with E-state index in [0.717, 1.165) is 26.2 Å². The number of pyridine rings is 1. The van der Waals surface area contributed by atoms with Gasteiger partial charge in [-0.3, -0.25) is 4.90 Å². The Hall–Kier alpha value is -1.13. The number of hydrogen-bond acceptors (Lipinski definition) is 4. The Morgan fingerprint density at radius 3 is 2.69 bits per heavy atom. The fraction of sp³-hybridized carbons (Fsp3) is 0.583. The maximum Gasteiger partial charge on any atom is 0.212 e. The van der Waals surface area contributed by atoms with Crippen LogP contribution in [0.4, 0.5) is 0 Å². The lowest BCUT2D eigenvalue weighted by molar-refractivity contribution is 0.185. The third kappa shape index (κ3) is 2.51. The molecule has 1 atom stereocenters. The molecule has 16 heavy (non-hydrogen) atoms. The van der Waals surface area contributed by atoms with Crippen molar-refractivity contribution in [1.29, 1.82) is 0 Å². The third-order valence-electron chi connectivity index (χ3n) is 3.15. The molecule has 1 saturated heterocycles. The van der Waals surface area contributed by atoms with Gasteiger partial charge in [-0.15, -0.1) is 0 Å². The minimum atomic E-state index is 0.431. The zero-order chi connectivity index (χ0) is 11.4. The number of piperazine rings is 1. The topological polar surface area (TPSA) is 37.4 Å². The summed E-state index contributed by atoms with van der Waals surface area (Å²) in [4.78, 5) is 6.72. The Balaban J connectivity index is 2.04. The van der Waals surface area contributed by atoms with Crippen molar-refractivity contribution < 1.29 is 4.74 Å². The predicted molar refractivity (Wildman–Crippen MR) is 63.6 cm³/mol. The zero-order valence-corrected chi connectivity index (χ0v) is 9.94. The summed E-state index contributed by atoms with van der Waals surface area (Å²) >= 11 is 0. The van der Waals surface area contributed by atoms with Crippen molar-refractivity contribution in [2.45, 2.75) is 13.0 Å². The van der Waals surface area contributed by atoms with Crippen LogP contribution in [0.5, 0.6) is 5.88 Å². The predicted octanol–water partition coefficient (Wildman–Crippen LogP) is 1.06. The molecule has 1 unspecified atom stereocenters. The number of nitrogens with one attached hydrogen (secondary N) is 1. The number of nitrogens with zero attached hydrogens (tertiary/aromatic N) is 2. The molecular formula is C12H19N3O. The van der Waals surface area contributed by atoms with E-state index >= 15 is 0 Å². The van der Waals surface area contributed by atoms with Crippen LogP contribution in [0.2, 0.25) is 0 Å². The van der Waals surface area contributed by atoms with Gasteiger partial charge >= 0.3 is 0 Å². The zero-order valence-electron chi connectivity index (χ0n) is 9.94. The molecule has 1 aliphatic rings. The Bertz CT molecular complexity index is 320. The maximum atomic E-state index is 5.06. The Labute approximate surface area is 96.6 Å². The second-order valence-corrected chi connectivity index (χ2v) is 4.10. The SMILES string of the molecule is COc1ccc(C(C)N2CCNCC2)cn1. The summed E-state index contributed by atoms with van der Waals surface area (Å²) < 4.78 is 5.06. The molecular weight excluding hydrogens is 202 g/mol. The summed E-state index contributed by atoms with van der Waals surface area (Å²) in [7, 11) is 1.64. The van der Waals surface area contributed by atoms with Gasteiger partial charge < -0.3 is 10.1 Å². The van der Waals surface area contributed by atoms with Crippen LogP contribution in [-0.2, 0) is 0 Å². The highest BCUT2D eigenvalue weighted by Gasteiger charge is 2.17. The molecule has 0 aromatic carbocycles. The summed E-state index contributed by atoms with van der Waals surface area (Å²) in [6.45, 7) is 6.59. The van der Waals surface area contributed by atoms with E-state index in [0.29, 0.717) is 11.9 Å². The van der Waals surface area contributed by atoms with Gasteiger partial charge in [0, 0.05) is 44.5 Å². The van der Waals surface area contributed by atoms with Gasteiger partial charge in [0.25, 0.3) is 0 Å². The number of aromatic nitrogens is 1. The van der Waals surface area contributed by atoms with E-state index < -0.39 is 0 Å². The molecule has 0 aliphatic carbocycles. The van der Waals surface area contributed by atoms with Crippen LogP contribution in [0.1, 0.15) is 18.5 Å². The van der Waals surface area contributed by atoms with Crippen LogP contribution in [0.15, 0.2) is 18.3 Å². The number of ether oxygens (including phenoxy) is 1. The van der Waals surface area contributed by atoms with Crippen LogP contribution in [0.25, 0.3) is 0 Å². The molecule has 88 valence electrons. The van der Waals surface area contributed by atoms with Crippen molar-refractivity contribution in [1.82, 2.24) is 15.2 Å². The van der Waals surface area contributed by atoms with Gasteiger partial charge in [0.15, 0.2) is 0 Å². The van der Waals surface area contributed by atoms with Crippen LogP contribution in [0, 0.1) is 0 Å². The minimum Gasteiger partial charge on any atom is -0.481 e. The molecule has 0 amide bonds. The third-order valence-corrected chi connectivity index (χ3v) is 3.15. The molecule has 0 saturated carbocycles. The van der Waals surface area contributed by atoms with Gasteiger partial charge in [0.05, 0.1) is 7.11 Å². The molecule has 4 nitrogen and oxygen atoms in total. The average molecular weight is 221 g/mol. The summed E-state index contributed by atoms with van der Waals surface area (Å²) in [5, 5.41) is 3.36. The molecule has 1 aromatic heterocycles. The molecule has 0 bridgehead atoms. The molecule has 1 aromatic rings. The molecule has 2 heterocycles. The van der Waals surface area contributed by atoms with Gasteiger partial charge in [-0.2, -0.15) is 0 Å². The molecule has 2 rings (SSSR count). The van der Waals surface area contributed by atoms with Crippen molar-refractivity contribution in [2.75, 3.05) is 33.3 Å². The molecule has 4 heteroatoms. The first kappa shape index (κ1) is 11.4. The summed E-state index contributed by atoms with van der Waals surface area (Å²) in [6.07, 6.45) is 1.91. The minimum absolute atomic E-state index is 0.431. The lowest BCUT2D eigenvalue weighted by atomic mass is 10.1. The van der Waals surface area contributed by atoms with Crippen molar-refractivity contribution in [3.05, 3.63) is 23.9 Å². The van der Waals surface area contributed by atoms with Crippen molar-refractivity contribution >= 4 is 0 Å². The monoisotopic (exact) mass is 221 g/mol. The van der Waals surface area contributed by atoms with Gasteiger partial charge in [-0.25, -0.2) is 4.98 Å². The smallest absolute Gasteiger partial charge is 0.212 e. The number of hydrogen-bond donors (Lipinski definition) is 1. The van der Waals surface area contributed by atoms with E-state index in [1.165, 1.54) is 5.56 Å². The summed E-state index contributed by atoms with van der Waals surface area (Å²) in [5.41, 5.74) is 1.25. The van der Waals surface area contributed by atoms with Gasteiger partial charge in [-0.05, 0) is 12.5 Å². The quantitative estimate of drug-likeness (QED) is 0.828.